The standard InChI is InChI=1S/C17H25N3/c1-13(18-12-16-10-11-20(5)19-16)14-6-8-15(9-7-14)17(2,3)4/h6-11,13,18H,12H2,1-5H3. The molecule has 1 unspecified atom stereocenters. The molecule has 1 heterocycles. The lowest BCUT2D eigenvalue weighted by molar-refractivity contribution is 0.559. The lowest BCUT2D eigenvalue weighted by Crippen LogP contribution is -2.19. The molecule has 0 radical (unpaired) electrons. The summed E-state index contributed by atoms with van der Waals surface area (Å²) in [6, 6.07) is 11.3. The summed E-state index contributed by atoms with van der Waals surface area (Å²) in [6.07, 6.45) is 1.97. The molecule has 2 rings (SSSR count). The Kier molecular flexibility index (Phi) is 4.29. The van der Waals surface area contributed by atoms with Crippen molar-refractivity contribution < 1.29 is 0 Å². The second kappa shape index (κ2) is 5.80. The number of aryl methyl sites for hydroxylation is 1. The van der Waals surface area contributed by atoms with Gasteiger partial charge >= 0.3 is 0 Å². The van der Waals surface area contributed by atoms with E-state index >= 15 is 0 Å². The number of nitrogens with one attached hydrogen (secondary N) is 1. The second-order valence-electron chi connectivity index (χ2n) is 6.46. The van der Waals surface area contributed by atoms with Crippen LogP contribution < -0.4 is 5.32 Å². The van der Waals surface area contributed by atoms with E-state index in [1.807, 2.05) is 24.0 Å². The van der Waals surface area contributed by atoms with Gasteiger partial charge in [0.05, 0.1) is 5.69 Å². The molecule has 1 aromatic carbocycles. The average Bonchev–Trinajstić information content (AvgIpc) is 2.81. The van der Waals surface area contributed by atoms with Gasteiger partial charge in [0.2, 0.25) is 0 Å². The van der Waals surface area contributed by atoms with E-state index in [4.69, 9.17) is 0 Å². The molecule has 0 aliphatic rings. The van der Waals surface area contributed by atoms with Gasteiger partial charge in [-0.05, 0) is 29.5 Å². The van der Waals surface area contributed by atoms with Gasteiger partial charge in [0.1, 0.15) is 0 Å². The van der Waals surface area contributed by atoms with Gasteiger partial charge in [-0.25, -0.2) is 0 Å². The Morgan fingerprint density at radius 2 is 1.80 bits per heavy atom. The lowest BCUT2D eigenvalue weighted by atomic mass is 9.86. The van der Waals surface area contributed by atoms with E-state index in [9.17, 15) is 0 Å². The van der Waals surface area contributed by atoms with Gasteiger partial charge in [0.25, 0.3) is 0 Å². The monoisotopic (exact) mass is 271 g/mol. The summed E-state index contributed by atoms with van der Waals surface area (Å²) in [5, 5.41) is 7.89. The van der Waals surface area contributed by atoms with Crippen LogP contribution in [0.15, 0.2) is 36.5 Å². The minimum Gasteiger partial charge on any atom is -0.304 e. The third kappa shape index (κ3) is 3.70. The summed E-state index contributed by atoms with van der Waals surface area (Å²) in [5.41, 5.74) is 3.97. The maximum absolute atomic E-state index is 4.38. The van der Waals surface area contributed by atoms with Crippen LogP contribution in [0.2, 0.25) is 0 Å². The van der Waals surface area contributed by atoms with Gasteiger partial charge < -0.3 is 5.32 Å². The number of nitrogens with zero attached hydrogens (tertiary/aromatic N) is 2. The highest BCUT2D eigenvalue weighted by atomic mass is 15.3. The fourth-order valence-electron chi connectivity index (χ4n) is 2.20. The SMILES string of the molecule is CC(NCc1ccn(C)n1)c1ccc(C(C)(C)C)cc1. The van der Waals surface area contributed by atoms with Crippen molar-refractivity contribution in [3.05, 3.63) is 53.3 Å². The van der Waals surface area contributed by atoms with E-state index in [1.165, 1.54) is 11.1 Å². The van der Waals surface area contributed by atoms with Crippen molar-refractivity contribution in [1.82, 2.24) is 15.1 Å². The first kappa shape index (κ1) is 14.8. The third-order valence-corrected chi connectivity index (χ3v) is 3.63. The van der Waals surface area contributed by atoms with Crippen LogP contribution in [0.25, 0.3) is 0 Å². The predicted molar refractivity (Wildman–Crippen MR) is 83.6 cm³/mol. The molecular formula is C17H25N3. The molecule has 1 N–H and O–H groups in total. The zero-order valence-corrected chi connectivity index (χ0v) is 13.1. The zero-order chi connectivity index (χ0) is 14.8. The summed E-state index contributed by atoms with van der Waals surface area (Å²) in [7, 11) is 1.94. The number of rotatable bonds is 4. The molecule has 3 heteroatoms. The van der Waals surface area contributed by atoms with Crippen molar-refractivity contribution in [3.8, 4) is 0 Å². The largest absolute Gasteiger partial charge is 0.304 e. The van der Waals surface area contributed by atoms with Crippen LogP contribution in [-0.2, 0) is 19.0 Å². The Labute approximate surface area is 122 Å². The van der Waals surface area contributed by atoms with Gasteiger partial charge in [-0.3, -0.25) is 4.68 Å². The highest BCUT2D eigenvalue weighted by Gasteiger charge is 2.14. The van der Waals surface area contributed by atoms with Crippen LogP contribution in [0, 0.1) is 0 Å². The van der Waals surface area contributed by atoms with E-state index < -0.39 is 0 Å². The minimum atomic E-state index is 0.211. The smallest absolute Gasteiger partial charge is 0.0762 e. The first-order chi connectivity index (χ1) is 9.36. The zero-order valence-electron chi connectivity index (χ0n) is 13.1. The fourth-order valence-corrected chi connectivity index (χ4v) is 2.20. The average molecular weight is 271 g/mol. The van der Waals surface area contributed by atoms with Crippen molar-refractivity contribution in [2.45, 2.75) is 45.7 Å². The molecular weight excluding hydrogens is 246 g/mol. The summed E-state index contributed by atoms with van der Waals surface area (Å²) < 4.78 is 1.83. The van der Waals surface area contributed by atoms with E-state index in [0.717, 1.165) is 12.2 Å². The molecule has 0 bridgehead atoms. The van der Waals surface area contributed by atoms with Crippen molar-refractivity contribution in [2.75, 3.05) is 0 Å². The molecule has 108 valence electrons. The molecule has 0 saturated carbocycles. The number of hydrogen-bond acceptors (Lipinski definition) is 2. The van der Waals surface area contributed by atoms with E-state index in [-0.39, 0.29) is 5.41 Å². The molecule has 1 atom stereocenters. The Morgan fingerprint density at radius 1 is 1.15 bits per heavy atom. The molecule has 3 nitrogen and oxygen atoms in total. The van der Waals surface area contributed by atoms with Crippen molar-refractivity contribution >= 4 is 0 Å². The highest BCUT2D eigenvalue weighted by Crippen LogP contribution is 2.23. The topological polar surface area (TPSA) is 29.9 Å². The predicted octanol–water partition coefficient (Wildman–Crippen LogP) is 3.57. The Morgan fingerprint density at radius 3 is 2.30 bits per heavy atom. The lowest BCUT2D eigenvalue weighted by Gasteiger charge is -2.20. The normalized spacial score (nSPS) is 13.4. The van der Waals surface area contributed by atoms with Crippen LogP contribution in [0.4, 0.5) is 0 Å². The Hall–Kier alpha value is -1.61. The van der Waals surface area contributed by atoms with Crippen LogP contribution in [0.3, 0.4) is 0 Å². The van der Waals surface area contributed by atoms with Crippen molar-refractivity contribution in [1.29, 1.82) is 0 Å². The third-order valence-electron chi connectivity index (χ3n) is 3.63. The van der Waals surface area contributed by atoms with Gasteiger partial charge in [-0.15, -0.1) is 0 Å². The molecule has 2 aromatic rings. The molecule has 1 aromatic heterocycles. The minimum absolute atomic E-state index is 0.211. The number of hydrogen-bond donors (Lipinski definition) is 1. The Bertz CT molecular complexity index is 546. The first-order valence-electron chi connectivity index (χ1n) is 7.18. The molecule has 0 amide bonds. The van der Waals surface area contributed by atoms with Crippen LogP contribution in [0.1, 0.15) is 50.6 Å². The van der Waals surface area contributed by atoms with E-state index in [0.29, 0.717) is 6.04 Å². The molecule has 0 saturated heterocycles. The molecule has 0 fully saturated rings. The molecule has 0 spiro atoms. The van der Waals surface area contributed by atoms with E-state index in [2.05, 4.69) is 62.4 Å². The van der Waals surface area contributed by atoms with Crippen LogP contribution >= 0.6 is 0 Å². The van der Waals surface area contributed by atoms with Gasteiger partial charge in [0, 0.05) is 25.8 Å². The maximum Gasteiger partial charge on any atom is 0.0762 e. The molecule has 0 aliphatic heterocycles. The first-order valence-corrected chi connectivity index (χ1v) is 7.18. The summed E-state index contributed by atoms with van der Waals surface area (Å²) in [6.45, 7) is 9.71. The molecule has 0 aliphatic carbocycles. The maximum atomic E-state index is 4.38. The number of benzene rings is 1. The van der Waals surface area contributed by atoms with Crippen molar-refractivity contribution in [3.63, 3.8) is 0 Å². The van der Waals surface area contributed by atoms with Gasteiger partial charge in [0.15, 0.2) is 0 Å². The van der Waals surface area contributed by atoms with Crippen molar-refractivity contribution in [2.24, 2.45) is 7.05 Å². The second-order valence-corrected chi connectivity index (χ2v) is 6.46. The highest BCUT2D eigenvalue weighted by molar-refractivity contribution is 5.29. The quantitative estimate of drug-likeness (QED) is 0.921. The van der Waals surface area contributed by atoms with Gasteiger partial charge in [-0.1, -0.05) is 45.0 Å². The fraction of sp³-hybridized carbons (Fsp3) is 0.471. The van der Waals surface area contributed by atoms with E-state index in [1.54, 1.807) is 0 Å². The summed E-state index contributed by atoms with van der Waals surface area (Å²) >= 11 is 0. The number of aromatic nitrogens is 2. The van der Waals surface area contributed by atoms with Crippen LogP contribution in [0.5, 0.6) is 0 Å². The van der Waals surface area contributed by atoms with Gasteiger partial charge in [-0.2, -0.15) is 5.10 Å². The Balaban J connectivity index is 1.97. The summed E-state index contributed by atoms with van der Waals surface area (Å²) in [5.74, 6) is 0. The summed E-state index contributed by atoms with van der Waals surface area (Å²) in [4.78, 5) is 0. The molecule has 20 heavy (non-hydrogen) atoms. The van der Waals surface area contributed by atoms with Crippen LogP contribution in [-0.4, -0.2) is 9.78 Å².